The number of hydrogen-bond donors (Lipinski definition) is 9. The number of aromatic nitrogens is 4. The second-order valence-electron chi connectivity index (χ2n) is 16.6. The molecule has 0 saturated carbocycles. The number of aliphatic hydroxyl groups excluding tert-OH is 2. The fraction of sp³-hybridized carbons (Fsp3) is 0.718. The number of hydrogen-bond acceptors (Lipinski definition) is 19. The molecule has 1 saturated heterocycles. The van der Waals surface area contributed by atoms with E-state index < -0.39 is 84.6 Å². The Morgan fingerprint density at radius 3 is 2.15 bits per heavy atom. The normalized spacial score (nSPS) is 20.0. The molecular formula is C39H66N7O18P3S. The molecule has 0 aliphatic carbocycles. The lowest BCUT2D eigenvalue weighted by atomic mass is 9.87. The number of nitrogen functional groups attached to an aromatic ring is 1. The quantitative estimate of drug-likeness (QED) is 0.0205. The lowest BCUT2D eigenvalue weighted by Crippen LogP contribution is -2.46. The fourth-order valence-corrected chi connectivity index (χ4v) is 10.2. The van der Waals surface area contributed by atoms with Crippen LogP contribution in [0.4, 0.5) is 5.82 Å². The molecule has 68 heavy (non-hydrogen) atoms. The first-order chi connectivity index (χ1) is 32.1. The second-order valence-corrected chi connectivity index (χ2v) is 22.0. The number of unbranched alkanes of at least 4 members (excludes halogenated alkanes) is 11. The van der Waals surface area contributed by atoms with E-state index in [4.69, 9.17) is 19.5 Å². The van der Waals surface area contributed by atoms with Gasteiger partial charge in [-0.05, 0) is 38.5 Å². The zero-order valence-corrected chi connectivity index (χ0v) is 41.6. The standard InChI is InChI=1S/C39H66N7O18P3S/c1-39(2,34(51)37(52)42-20-19-29(48)41-21-23-68-30(49)18-16-14-12-10-8-6-4-3-5-7-9-11-13-15-17-22-47)25-61-67(58,59)64-66(56,57)60-24-28-33(63-65(53,54)55)32(50)38(62-28)46-27-45-31-35(40)43-26-44-36(31)46/h3-4,22,26-28,32-34,38,50-51H,5-21,23-25H2,1-2H3,(H,41,48)(H,42,52)(H,56,57)(H,58,59)(H2,40,43,44)(H2,53,54,55)/b4-3-/t28-,32-,33-,34+,38-/m1/s1. The van der Waals surface area contributed by atoms with Crippen molar-refractivity contribution in [1.82, 2.24) is 30.2 Å². The number of phosphoric acid groups is 3. The van der Waals surface area contributed by atoms with Gasteiger partial charge in [-0.15, -0.1) is 0 Å². The minimum Gasteiger partial charge on any atom is -0.386 e. The average molecular weight is 1050 g/mol. The number of phosphoric ester groups is 3. The van der Waals surface area contributed by atoms with Crippen LogP contribution in [0.15, 0.2) is 24.8 Å². The van der Waals surface area contributed by atoms with Crippen molar-refractivity contribution in [3.05, 3.63) is 24.8 Å². The van der Waals surface area contributed by atoms with E-state index in [2.05, 4.69) is 46.6 Å². The molecule has 2 amide bonds. The predicted octanol–water partition coefficient (Wildman–Crippen LogP) is 3.88. The van der Waals surface area contributed by atoms with Crippen molar-refractivity contribution in [1.29, 1.82) is 0 Å². The Labute approximate surface area is 398 Å². The highest BCUT2D eigenvalue weighted by atomic mass is 32.2. The SMILES string of the molecule is CC(C)(COP(=O)(O)OP(=O)(O)OC[C@H]1O[C@@H](n2cnc3c(N)ncnc32)[C@H](O)[C@@H]1OP(=O)(O)O)[C@@H](O)C(=O)NCCC(=O)NCCSC(=O)CCCCCCC/C=C\CCCCCCCC=O. The Morgan fingerprint density at radius 2 is 1.50 bits per heavy atom. The molecule has 10 N–H and O–H groups in total. The number of amides is 2. The van der Waals surface area contributed by atoms with Crippen LogP contribution in [0.25, 0.3) is 11.2 Å². The summed E-state index contributed by atoms with van der Waals surface area (Å²) in [5.74, 6) is -1.06. The molecule has 29 heteroatoms. The summed E-state index contributed by atoms with van der Waals surface area (Å²) in [4.78, 5) is 98.7. The lowest BCUT2D eigenvalue weighted by molar-refractivity contribution is -0.137. The molecule has 0 spiro atoms. The summed E-state index contributed by atoms with van der Waals surface area (Å²) < 4.78 is 62.4. The first kappa shape index (κ1) is 59.3. The molecule has 3 rings (SSSR count). The minimum absolute atomic E-state index is 0.0300. The van der Waals surface area contributed by atoms with Crippen molar-refractivity contribution in [2.75, 3.05) is 37.8 Å². The average Bonchev–Trinajstić information content (AvgIpc) is 3.83. The zero-order valence-electron chi connectivity index (χ0n) is 38.1. The predicted molar refractivity (Wildman–Crippen MR) is 247 cm³/mol. The Kier molecular flexibility index (Phi) is 25.6. The number of rotatable bonds is 35. The molecular weight excluding hydrogens is 979 g/mol. The molecule has 25 nitrogen and oxygen atoms in total. The number of fused-ring (bicyclic) bond motifs is 1. The number of aliphatic hydroxyl groups is 2. The highest BCUT2D eigenvalue weighted by Crippen LogP contribution is 2.61. The third kappa shape index (κ3) is 21.9. The van der Waals surface area contributed by atoms with E-state index >= 15 is 0 Å². The van der Waals surface area contributed by atoms with Crippen LogP contribution in [0.2, 0.25) is 0 Å². The van der Waals surface area contributed by atoms with Crippen molar-refractivity contribution in [2.24, 2.45) is 5.41 Å². The van der Waals surface area contributed by atoms with Crippen LogP contribution in [0.3, 0.4) is 0 Å². The Bertz CT molecular complexity index is 2090. The largest absolute Gasteiger partial charge is 0.481 e. The third-order valence-corrected chi connectivity index (χ3v) is 14.4. The van der Waals surface area contributed by atoms with Gasteiger partial charge >= 0.3 is 23.5 Å². The smallest absolute Gasteiger partial charge is 0.386 e. The molecule has 1 fully saturated rings. The summed E-state index contributed by atoms with van der Waals surface area (Å²) in [5.41, 5.74) is 4.27. The maximum Gasteiger partial charge on any atom is 0.481 e. The van der Waals surface area contributed by atoms with E-state index in [1.807, 2.05) is 0 Å². The van der Waals surface area contributed by atoms with Gasteiger partial charge in [-0.25, -0.2) is 28.6 Å². The minimum atomic E-state index is -5.58. The van der Waals surface area contributed by atoms with Crippen molar-refractivity contribution in [2.45, 2.75) is 141 Å². The monoisotopic (exact) mass is 1050 g/mol. The first-order valence-corrected chi connectivity index (χ1v) is 27.7. The van der Waals surface area contributed by atoms with Crippen LogP contribution in [0.5, 0.6) is 0 Å². The maximum absolute atomic E-state index is 12.7. The fourth-order valence-electron chi connectivity index (χ4n) is 6.68. The first-order valence-electron chi connectivity index (χ1n) is 22.2. The molecule has 1 aliphatic heterocycles. The van der Waals surface area contributed by atoms with Gasteiger partial charge in [0.25, 0.3) is 0 Å². The van der Waals surface area contributed by atoms with Crippen LogP contribution in [0.1, 0.15) is 116 Å². The molecule has 0 bridgehead atoms. The highest BCUT2D eigenvalue weighted by molar-refractivity contribution is 8.13. The Balaban J connectivity index is 1.29. The molecule has 2 aromatic heterocycles. The van der Waals surface area contributed by atoms with E-state index in [9.17, 15) is 62.7 Å². The molecule has 2 unspecified atom stereocenters. The van der Waals surface area contributed by atoms with Crippen LogP contribution in [0, 0.1) is 5.41 Å². The van der Waals surface area contributed by atoms with Crippen LogP contribution >= 0.6 is 35.2 Å². The van der Waals surface area contributed by atoms with Crippen molar-refractivity contribution in [3.63, 3.8) is 0 Å². The van der Waals surface area contributed by atoms with Crippen LogP contribution in [-0.2, 0) is 55.5 Å². The molecule has 3 heterocycles. The highest BCUT2D eigenvalue weighted by Gasteiger charge is 2.50. The van der Waals surface area contributed by atoms with E-state index in [0.717, 1.165) is 93.1 Å². The topological polar surface area (TPSA) is 381 Å². The van der Waals surface area contributed by atoms with Crippen LogP contribution < -0.4 is 16.4 Å². The molecule has 0 aromatic carbocycles. The summed E-state index contributed by atoms with van der Waals surface area (Å²) in [5, 5.41) is 26.6. The molecule has 386 valence electrons. The summed E-state index contributed by atoms with van der Waals surface area (Å²) in [6.07, 6.45) is 12.5. The zero-order chi connectivity index (χ0) is 50.4. The van der Waals surface area contributed by atoms with Gasteiger partial charge in [0.05, 0.1) is 19.5 Å². The van der Waals surface area contributed by atoms with Crippen molar-refractivity contribution < 1.29 is 85.3 Å². The van der Waals surface area contributed by atoms with Gasteiger partial charge in [0.1, 0.15) is 42.5 Å². The molecule has 7 atom stereocenters. The number of nitrogens with two attached hydrogens (primary N) is 1. The number of nitrogens with zero attached hydrogens (tertiary/aromatic N) is 4. The number of carbonyl (C=O) groups excluding carboxylic acids is 4. The second kappa shape index (κ2) is 29.3. The lowest BCUT2D eigenvalue weighted by Gasteiger charge is -2.30. The number of nitrogens with one attached hydrogen (secondary N) is 2. The maximum atomic E-state index is 12.7. The summed E-state index contributed by atoms with van der Waals surface area (Å²) in [6, 6.07) is 0. The number of carbonyl (C=O) groups is 4. The van der Waals surface area contributed by atoms with Crippen LogP contribution in [-0.4, -0.2) is 129 Å². The number of aldehydes is 1. The molecule has 1 aliphatic rings. The van der Waals surface area contributed by atoms with Gasteiger partial charge in [-0.1, -0.05) is 76.3 Å². The number of allylic oxidation sites excluding steroid dienone is 2. The number of anilines is 1. The van der Waals surface area contributed by atoms with E-state index in [1.165, 1.54) is 33.1 Å². The van der Waals surface area contributed by atoms with Gasteiger partial charge in [0.15, 0.2) is 22.8 Å². The van der Waals surface area contributed by atoms with Gasteiger partial charge in [-0.3, -0.25) is 32.5 Å². The summed E-state index contributed by atoms with van der Waals surface area (Å²) in [7, 11) is -16.4. The summed E-state index contributed by atoms with van der Waals surface area (Å²) >= 11 is 1.13. The Morgan fingerprint density at radius 1 is 0.882 bits per heavy atom. The van der Waals surface area contributed by atoms with Gasteiger partial charge < -0.3 is 55.7 Å². The van der Waals surface area contributed by atoms with Crippen molar-refractivity contribution in [3.8, 4) is 0 Å². The van der Waals surface area contributed by atoms with E-state index in [-0.39, 0.29) is 41.6 Å². The van der Waals surface area contributed by atoms with Gasteiger partial charge in [-0.2, -0.15) is 4.31 Å². The van der Waals surface area contributed by atoms with E-state index in [1.54, 1.807) is 0 Å². The Hall–Kier alpha value is -3.03. The number of imidazole rings is 1. The third-order valence-electron chi connectivity index (χ3n) is 10.4. The van der Waals surface area contributed by atoms with Crippen molar-refractivity contribution >= 4 is 75.4 Å². The number of thioether (sulfide) groups is 1. The number of ether oxygens (including phenoxy) is 1. The van der Waals surface area contributed by atoms with Gasteiger partial charge in [0, 0.05) is 43.5 Å². The summed E-state index contributed by atoms with van der Waals surface area (Å²) in [6.45, 7) is 0.528. The molecule has 0 radical (unpaired) electrons. The van der Waals surface area contributed by atoms with E-state index in [0.29, 0.717) is 18.6 Å². The van der Waals surface area contributed by atoms with Gasteiger partial charge in [0.2, 0.25) is 11.8 Å². The molecule has 2 aromatic rings.